The van der Waals surface area contributed by atoms with E-state index in [-0.39, 0.29) is 0 Å². The smallest absolute Gasteiger partial charge is 0.238 e. The predicted octanol–water partition coefficient (Wildman–Crippen LogP) is 3.07. The minimum Gasteiger partial charge on any atom is -0.412 e. The molecule has 2 heteroatoms. The van der Waals surface area contributed by atoms with Gasteiger partial charge in [-0.2, -0.15) is 0 Å². The molecule has 0 atom stereocenters. The summed E-state index contributed by atoms with van der Waals surface area (Å²) in [7, 11) is -0.509. The molecular weight excluding hydrogens is 164 g/mol. The van der Waals surface area contributed by atoms with Gasteiger partial charge in [-0.15, -0.1) is 0 Å². The molecule has 1 aliphatic heterocycles. The van der Waals surface area contributed by atoms with Crippen LogP contribution < -0.4 is 0 Å². The molecule has 69 valence electrons. The van der Waals surface area contributed by atoms with Crippen molar-refractivity contribution < 1.29 is 4.43 Å². The highest BCUT2D eigenvalue weighted by atomic mass is 28.3. The number of unbranched alkanes of at least 4 members (excludes halogenated alkanes) is 2. The Morgan fingerprint density at radius 2 is 2.33 bits per heavy atom. The van der Waals surface area contributed by atoms with Crippen LogP contribution in [-0.2, 0) is 4.43 Å². The van der Waals surface area contributed by atoms with Crippen LogP contribution in [0.4, 0.5) is 0 Å². The molecule has 0 amide bonds. The molecule has 0 spiro atoms. The fraction of sp³-hybridized carbons (Fsp3) is 0.800. The molecule has 0 unspecified atom stereocenters. The lowest BCUT2D eigenvalue weighted by Crippen LogP contribution is -2.20. The van der Waals surface area contributed by atoms with Crippen molar-refractivity contribution in [3.63, 3.8) is 0 Å². The lowest BCUT2D eigenvalue weighted by molar-refractivity contribution is 0.294. The van der Waals surface area contributed by atoms with E-state index in [2.05, 4.69) is 18.7 Å². The minimum absolute atomic E-state index is 0.509. The molecule has 0 aliphatic carbocycles. The SMILES string of the molecule is CCCC/C=C/[Si]1CCCCO1. The highest BCUT2D eigenvalue weighted by Gasteiger charge is 2.12. The second-order valence-electron chi connectivity index (χ2n) is 3.32. The van der Waals surface area contributed by atoms with E-state index in [4.69, 9.17) is 4.43 Å². The maximum atomic E-state index is 5.67. The molecule has 12 heavy (non-hydrogen) atoms. The lowest BCUT2D eigenvalue weighted by Gasteiger charge is -2.16. The minimum atomic E-state index is -0.509. The van der Waals surface area contributed by atoms with E-state index in [1.165, 1.54) is 38.1 Å². The summed E-state index contributed by atoms with van der Waals surface area (Å²) in [6, 6.07) is 1.33. The van der Waals surface area contributed by atoms with Crippen LogP contribution in [0.2, 0.25) is 6.04 Å². The van der Waals surface area contributed by atoms with Crippen molar-refractivity contribution in [2.75, 3.05) is 6.61 Å². The zero-order chi connectivity index (χ0) is 8.65. The maximum absolute atomic E-state index is 5.67. The van der Waals surface area contributed by atoms with Gasteiger partial charge in [-0.05, 0) is 18.9 Å². The average molecular weight is 183 g/mol. The zero-order valence-electron chi connectivity index (χ0n) is 8.01. The summed E-state index contributed by atoms with van der Waals surface area (Å²) in [5.41, 5.74) is 2.35. The molecule has 0 saturated carbocycles. The normalized spacial score (nSPS) is 20.4. The molecule has 0 N–H and O–H groups in total. The van der Waals surface area contributed by atoms with Gasteiger partial charge in [0.05, 0.1) is 0 Å². The molecule has 1 nitrogen and oxygen atoms in total. The van der Waals surface area contributed by atoms with Crippen molar-refractivity contribution in [1.82, 2.24) is 0 Å². The summed E-state index contributed by atoms with van der Waals surface area (Å²) in [6.45, 7) is 3.24. The first-order valence-electron chi connectivity index (χ1n) is 5.08. The molecule has 0 bridgehead atoms. The van der Waals surface area contributed by atoms with E-state index in [0.717, 1.165) is 6.61 Å². The second kappa shape index (κ2) is 6.43. The van der Waals surface area contributed by atoms with Crippen LogP contribution in [0.25, 0.3) is 0 Å². The standard InChI is InChI=1S/C10H19OSi/c1-2-3-4-6-9-12-10-7-5-8-11-12/h6,9H,2-5,7-8,10H2,1H3/b9-6+. The van der Waals surface area contributed by atoms with E-state index in [1.807, 2.05) is 0 Å². The van der Waals surface area contributed by atoms with Crippen molar-refractivity contribution in [1.29, 1.82) is 0 Å². The second-order valence-corrected chi connectivity index (χ2v) is 5.37. The highest BCUT2D eigenvalue weighted by molar-refractivity contribution is 6.57. The Bertz CT molecular complexity index is 128. The maximum Gasteiger partial charge on any atom is 0.238 e. The lowest BCUT2D eigenvalue weighted by atomic mass is 10.2. The van der Waals surface area contributed by atoms with Crippen molar-refractivity contribution >= 4 is 9.04 Å². The molecule has 1 rings (SSSR count). The van der Waals surface area contributed by atoms with Crippen LogP contribution in [0.15, 0.2) is 11.8 Å². The van der Waals surface area contributed by atoms with E-state index in [9.17, 15) is 0 Å². The first-order valence-corrected chi connectivity index (χ1v) is 6.78. The fourth-order valence-electron chi connectivity index (χ4n) is 1.34. The first-order chi connectivity index (χ1) is 5.93. The van der Waals surface area contributed by atoms with Gasteiger partial charge in [-0.1, -0.05) is 38.0 Å². The summed E-state index contributed by atoms with van der Waals surface area (Å²) in [4.78, 5) is 0. The van der Waals surface area contributed by atoms with Crippen molar-refractivity contribution in [3.8, 4) is 0 Å². The fourth-order valence-corrected chi connectivity index (χ4v) is 3.19. The molecule has 1 saturated heterocycles. The summed E-state index contributed by atoms with van der Waals surface area (Å²) in [5, 5.41) is 0. The van der Waals surface area contributed by atoms with E-state index >= 15 is 0 Å². The van der Waals surface area contributed by atoms with Gasteiger partial charge in [-0.3, -0.25) is 0 Å². The number of hydrogen-bond acceptors (Lipinski definition) is 1. The van der Waals surface area contributed by atoms with Crippen LogP contribution >= 0.6 is 0 Å². The molecule has 0 aromatic carbocycles. The average Bonchev–Trinajstić information content (AvgIpc) is 2.14. The van der Waals surface area contributed by atoms with Crippen LogP contribution in [0.1, 0.15) is 39.0 Å². The Morgan fingerprint density at radius 3 is 3.00 bits per heavy atom. The number of rotatable bonds is 4. The predicted molar refractivity (Wildman–Crippen MR) is 54.4 cm³/mol. The van der Waals surface area contributed by atoms with Crippen LogP contribution in [-0.4, -0.2) is 15.6 Å². The zero-order valence-corrected chi connectivity index (χ0v) is 9.01. The van der Waals surface area contributed by atoms with Crippen molar-refractivity contribution in [3.05, 3.63) is 11.8 Å². The Hall–Kier alpha value is -0.0831. The molecule has 1 heterocycles. The van der Waals surface area contributed by atoms with Gasteiger partial charge >= 0.3 is 0 Å². The highest BCUT2D eigenvalue weighted by Crippen LogP contribution is 2.11. The molecule has 1 fully saturated rings. The quantitative estimate of drug-likeness (QED) is 0.481. The Balaban J connectivity index is 2.07. The van der Waals surface area contributed by atoms with Gasteiger partial charge < -0.3 is 4.43 Å². The van der Waals surface area contributed by atoms with Crippen LogP contribution in [0.3, 0.4) is 0 Å². The van der Waals surface area contributed by atoms with Gasteiger partial charge in [0.1, 0.15) is 0 Å². The van der Waals surface area contributed by atoms with Crippen LogP contribution in [0.5, 0.6) is 0 Å². The third-order valence-corrected chi connectivity index (χ3v) is 4.16. The van der Waals surface area contributed by atoms with Gasteiger partial charge in [0, 0.05) is 6.61 Å². The Morgan fingerprint density at radius 1 is 1.42 bits per heavy atom. The molecule has 0 aromatic rings. The van der Waals surface area contributed by atoms with E-state index in [0.29, 0.717) is 0 Å². The van der Waals surface area contributed by atoms with E-state index in [1.54, 1.807) is 0 Å². The Kier molecular flexibility index (Phi) is 5.36. The summed E-state index contributed by atoms with van der Waals surface area (Å²) in [6.07, 6.45) is 8.85. The van der Waals surface area contributed by atoms with Gasteiger partial charge in [-0.25, -0.2) is 0 Å². The molecular formula is C10H19OSi. The summed E-state index contributed by atoms with van der Waals surface area (Å²) >= 11 is 0. The van der Waals surface area contributed by atoms with Crippen molar-refractivity contribution in [2.24, 2.45) is 0 Å². The monoisotopic (exact) mass is 183 g/mol. The van der Waals surface area contributed by atoms with Gasteiger partial charge in [0.25, 0.3) is 0 Å². The number of allylic oxidation sites excluding steroid dienone is 1. The Labute approximate surface area is 77.5 Å². The van der Waals surface area contributed by atoms with Gasteiger partial charge in [0.2, 0.25) is 9.04 Å². The van der Waals surface area contributed by atoms with Crippen LogP contribution in [0, 0.1) is 0 Å². The molecule has 1 radical (unpaired) electrons. The third kappa shape index (κ3) is 4.07. The third-order valence-electron chi connectivity index (χ3n) is 2.13. The summed E-state index contributed by atoms with van der Waals surface area (Å²) in [5.74, 6) is 0. The van der Waals surface area contributed by atoms with Gasteiger partial charge in [0.15, 0.2) is 0 Å². The topological polar surface area (TPSA) is 9.23 Å². The number of hydrogen-bond donors (Lipinski definition) is 0. The largest absolute Gasteiger partial charge is 0.412 e. The van der Waals surface area contributed by atoms with Crippen molar-refractivity contribution in [2.45, 2.75) is 45.1 Å². The van der Waals surface area contributed by atoms with E-state index < -0.39 is 9.04 Å². The molecule has 0 aromatic heterocycles. The molecule has 1 aliphatic rings. The first kappa shape index (κ1) is 10.0. The summed E-state index contributed by atoms with van der Waals surface area (Å²) < 4.78 is 5.67.